The van der Waals surface area contributed by atoms with Gasteiger partial charge in [-0.15, -0.1) is 0 Å². The van der Waals surface area contributed by atoms with Crippen molar-refractivity contribution in [2.75, 3.05) is 5.32 Å². The maximum atomic E-state index is 15.0. The predicted octanol–water partition coefficient (Wildman–Crippen LogP) is 6.01. The standard InChI is InChI=1S/C27H19F4N5O2/c1-15(37)24-23-9-8-17(16-6-4-3-5-7-16)25(36(23)14-32-24)33-26(38)19-12-18(22-10-11-35(2)34-22)20(13-21(19)28)27(29,30)31/h3-14H,1-2H3,(H,33,38). The molecule has 192 valence electrons. The number of imidazole rings is 1. The topological polar surface area (TPSA) is 81.3 Å². The van der Waals surface area contributed by atoms with Crippen LogP contribution in [-0.2, 0) is 13.2 Å². The summed E-state index contributed by atoms with van der Waals surface area (Å²) in [4.78, 5) is 29.6. The number of fused-ring (bicyclic) bond motifs is 1. The van der Waals surface area contributed by atoms with E-state index in [0.717, 1.165) is 6.07 Å². The number of amides is 1. The lowest BCUT2D eigenvalue weighted by Gasteiger charge is -2.16. The Kier molecular flexibility index (Phi) is 6.06. The van der Waals surface area contributed by atoms with E-state index < -0.39 is 34.6 Å². The van der Waals surface area contributed by atoms with Crippen molar-refractivity contribution in [1.82, 2.24) is 19.2 Å². The van der Waals surface area contributed by atoms with Crippen LogP contribution in [0.4, 0.5) is 23.4 Å². The molecule has 5 rings (SSSR count). The number of aryl methyl sites for hydroxylation is 1. The van der Waals surface area contributed by atoms with E-state index in [1.165, 1.54) is 41.6 Å². The number of halogens is 4. The van der Waals surface area contributed by atoms with Gasteiger partial charge in [0.05, 0.1) is 22.3 Å². The van der Waals surface area contributed by atoms with Gasteiger partial charge in [0.1, 0.15) is 23.7 Å². The van der Waals surface area contributed by atoms with Crippen LogP contribution in [0, 0.1) is 5.82 Å². The first-order valence-electron chi connectivity index (χ1n) is 11.3. The smallest absolute Gasteiger partial charge is 0.307 e. The minimum absolute atomic E-state index is 0.0679. The molecule has 0 fully saturated rings. The summed E-state index contributed by atoms with van der Waals surface area (Å²) in [5.74, 6) is -2.47. The fourth-order valence-corrected chi connectivity index (χ4v) is 4.24. The van der Waals surface area contributed by atoms with Crippen LogP contribution in [0.25, 0.3) is 27.9 Å². The van der Waals surface area contributed by atoms with Crippen molar-refractivity contribution >= 4 is 23.0 Å². The van der Waals surface area contributed by atoms with Crippen LogP contribution < -0.4 is 5.32 Å². The maximum Gasteiger partial charge on any atom is 0.417 e. The van der Waals surface area contributed by atoms with Crippen LogP contribution in [-0.4, -0.2) is 30.9 Å². The molecule has 1 amide bonds. The van der Waals surface area contributed by atoms with Crippen LogP contribution in [0.1, 0.15) is 33.3 Å². The summed E-state index contributed by atoms with van der Waals surface area (Å²) in [6.07, 6.45) is -2.09. The van der Waals surface area contributed by atoms with Crippen molar-refractivity contribution in [2.24, 2.45) is 7.05 Å². The van der Waals surface area contributed by atoms with E-state index in [-0.39, 0.29) is 23.0 Å². The number of benzene rings is 2. The van der Waals surface area contributed by atoms with Gasteiger partial charge in [-0.2, -0.15) is 18.3 Å². The molecule has 7 nitrogen and oxygen atoms in total. The van der Waals surface area contributed by atoms with Crippen LogP contribution in [0.3, 0.4) is 0 Å². The van der Waals surface area contributed by atoms with Gasteiger partial charge in [0.2, 0.25) is 0 Å². The molecular formula is C27H19F4N5O2. The number of hydrogen-bond donors (Lipinski definition) is 1. The SMILES string of the molecule is CC(=O)c1ncn2c(NC(=O)c3cc(-c4ccn(C)n4)c(C(F)(F)F)cc3F)c(-c3ccccc3)ccc12. The van der Waals surface area contributed by atoms with Gasteiger partial charge >= 0.3 is 6.18 Å². The Morgan fingerprint density at radius 2 is 1.71 bits per heavy atom. The molecule has 0 unspecified atom stereocenters. The minimum Gasteiger partial charge on any atom is -0.307 e. The highest BCUT2D eigenvalue weighted by Crippen LogP contribution is 2.38. The fraction of sp³-hybridized carbons (Fsp3) is 0.111. The van der Waals surface area contributed by atoms with Gasteiger partial charge in [0.25, 0.3) is 5.91 Å². The van der Waals surface area contributed by atoms with E-state index in [9.17, 15) is 22.8 Å². The van der Waals surface area contributed by atoms with Gasteiger partial charge in [-0.25, -0.2) is 9.37 Å². The first-order valence-corrected chi connectivity index (χ1v) is 11.3. The van der Waals surface area contributed by atoms with Gasteiger partial charge in [0.15, 0.2) is 5.78 Å². The zero-order chi connectivity index (χ0) is 27.2. The number of anilines is 1. The molecule has 3 heterocycles. The van der Waals surface area contributed by atoms with E-state index >= 15 is 4.39 Å². The first-order chi connectivity index (χ1) is 18.0. The molecule has 2 aromatic carbocycles. The molecule has 0 spiro atoms. The molecule has 3 aromatic heterocycles. The van der Waals surface area contributed by atoms with E-state index in [0.29, 0.717) is 22.7 Å². The zero-order valence-electron chi connectivity index (χ0n) is 20.0. The lowest BCUT2D eigenvalue weighted by molar-refractivity contribution is -0.137. The lowest BCUT2D eigenvalue weighted by Crippen LogP contribution is -2.18. The van der Waals surface area contributed by atoms with Crippen molar-refractivity contribution in [3.63, 3.8) is 0 Å². The number of Topliss-reactive ketones (excluding diaryl/α,β-unsaturated/α-hetero) is 1. The third-order valence-corrected chi connectivity index (χ3v) is 6.01. The fourth-order valence-electron chi connectivity index (χ4n) is 4.24. The molecule has 0 saturated carbocycles. The van der Waals surface area contributed by atoms with Gasteiger partial charge in [-0.1, -0.05) is 30.3 Å². The van der Waals surface area contributed by atoms with E-state index in [4.69, 9.17) is 0 Å². The second-order valence-electron chi connectivity index (χ2n) is 8.57. The molecule has 1 N–H and O–H groups in total. The highest BCUT2D eigenvalue weighted by Gasteiger charge is 2.36. The number of hydrogen-bond acceptors (Lipinski definition) is 4. The lowest BCUT2D eigenvalue weighted by atomic mass is 9.99. The van der Waals surface area contributed by atoms with Crippen molar-refractivity contribution in [1.29, 1.82) is 0 Å². The molecular weight excluding hydrogens is 502 g/mol. The Balaban J connectivity index is 1.66. The van der Waals surface area contributed by atoms with Gasteiger partial charge in [0, 0.05) is 31.3 Å². The summed E-state index contributed by atoms with van der Waals surface area (Å²) in [5.41, 5.74) is -0.581. The number of pyridine rings is 1. The zero-order valence-corrected chi connectivity index (χ0v) is 20.0. The van der Waals surface area contributed by atoms with Gasteiger partial charge in [-0.3, -0.25) is 18.7 Å². The average molecular weight is 521 g/mol. The monoisotopic (exact) mass is 521 g/mol. The summed E-state index contributed by atoms with van der Waals surface area (Å²) in [5, 5.41) is 6.63. The third kappa shape index (κ3) is 4.42. The molecule has 5 aromatic rings. The van der Waals surface area contributed by atoms with E-state index in [1.54, 1.807) is 36.4 Å². The maximum absolute atomic E-state index is 15.0. The Labute approximate surface area is 213 Å². The molecule has 0 aliphatic carbocycles. The number of nitrogens with one attached hydrogen (secondary N) is 1. The Morgan fingerprint density at radius 1 is 0.974 bits per heavy atom. The number of aromatic nitrogens is 4. The minimum atomic E-state index is -4.88. The normalized spacial score (nSPS) is 11.6. The summed E-state index contributed by atoms with van der Waals surface area (Å²) in [6, 6.07) is 14.8. The van der Waals surface area contributed by atoms with Crippen molar-refractivity contribution < 1.29 is 27.2 Å². The number of alkyl halides is 3. The average Bonchev–Trinajstić information content (AvgIpc) is 3.50. The molecule has 0 saturated heterocycles. The van der Waals surface area contributed by atoms with Crippen LogP contribution in [0.5, 0.6) is 0 Å². The Hall–Kier alpha value is -4.80. The predicted molar refractivity (Wildman–Crippen MR) is 132 cm³/mol. The number of carbonyl (C=O) groups excluding carboxylic acids is 2. The quantitative estimate of drug-likeness (QED) is 0.227. The van der Waals surface area contributed by atoms with E-state index in [2.05, 4.69) is 15.4 Å². The highest BCUT2D eigenvalue weighted by atomic mass is 19.4. The molecule has 0 aliphatic heterocycles. The second-order valence-corrected chi connectivity index (χ2v) is 8.57. The Morgan fingerprint density at radius 3 is 2.34 bits per heavy atom. The second kappa shape index (κ2) is 9.25. The number of carbonyl (C=O) groups is 2. The molecule has 0 radical (unpaired) electrons. The van der Waals surface area contributed by atoms with E-state index in [1.807, 2.05) is 6.07 Å². The van der Waals surface area contributed by atoms with Gasteiger partial charge < -0.3 is 5.32 Å². The van der Waals surface area contributed by atoms with Gasteiger partial charge in [-0.05, 0) is 35.9 Å². The molecule has 0 aliphatic rings. The summed E-state index contributed by atoms with van der Waals surface area (Å²) >= 11 is 0. The summed E-state index contributed by atoms with van der Waals surface area (Å²) < 4.78 is 59.0. The largest absolute Gasteiger partial charge is 0.417 e. The molecule has 0 atom stereocenters. The molecule has 0 bridgehead atoms. The Bertz CT molecular complexity index is 1700. The first kappa shape index (κ1) is 24.9. The summed E-state index contributed by atoms with van der Waals surface area (Å²) in [6.45, 7) is 1.35. The third-order valence-electron chi connectivity index (χ3n) is 6.01. The number of ketones is 1. The molecule has 11 heteroatoms. The summed E-state index contributed by atoms with van der Waals surface area (Å²) in [7, 11) is 1.53. The highest BCUT2D eigenvalue weighted by molar-refractivity contribution is 6.07. The number of nitrogens with zero attached hydrogens (tertiary/aromatic N) is 4. The van der Waals surface area contributed by atoms with Crippen LogP contribution in [0.15, 0.2) is 73.2 Å². The van der Waals surface area contributed by atoms with Crippen molar-refractivity contribution in [3.8, 4) is 22.4 Å². The van der Waals surface area contributed by atoms with Crippen LogP contribution >= 0.6 is 0 Å². The molecule has 38 heavy (non-hydrogen) atoms. The number of rotatable bonds is 5. The van der Waals surface area contributed by atoms with Crippen molar-refractivity contribution in [3.05, 3.63) is 95.8 Å². The van der Waals surface area contributed by atoms with Crippen LogP contribution in [0.2, 0.25) is 0 Å². The van der Waals surface area contributed by atoms with Crippen molar-refractivity contribution in [2.45, 2.75) is 13.1 Å².